The highest BCUT2D eigenvalue weighted by atomic mass is 16.2. The van der Waals surface area contributed by atoms with Gasteiger partial charge in [0.1, 0.15) is 0 Å². The van der Waals surface area contributed by atoms with Crippen LogP contribution < -0.4 is 10.6 Å². The number of aryl methyl sites for hydroxylation is 1. The van der Waals surface area contributed by atoms with E-state index in [4.69, 9.17) is 0 Å². The van der Waals surface area contributed by atoms with Crippen molar-refractivity contribution in [3.63, 3.8) is 0 Å². The first kappa shape index (κ1) is 23.5. The van der Waals surface area contributed by atoms with Gasteiger partial charge in [-0.1, -0.05) is 12.2 Å². The summed E-state index contributed by atoms with van der Waals surface area (Å²) in [6, 6.07) is 0.106. The number of fused-ring (bicyclic) bond motifs is 1. The van der Waals surface area contributed by atoms with E-state index in [1.54, 1.807) is 11.8 Å². The van der Waals surface area contributed by atoms with Gasteiger partial charge in [-0.3, -0.25) is 19.3 Å². The molecule has 2 saturated heterocycles. The quantitative estimate of drug-likeness (QED) is 0.642. The molecule has 0 radical (unpaired) electrons. The van der Waals surface area contributed by atoms with Crippen LogP contribution in [-0.4, -0.2) is 75.8 Å². The summed E-state index contributed by atoms with van der Waals surface area (Å²) in [5.41, 5.74) is 0.627. The lowest BCUT2D eigenvalue weighted by atomic mass is 9.74. The van der Waals surface area contributed by atoms with Crippen LogP contribution in [0.3, 0.4) is 0 Å². The second-order valence-corrected chi connectivity index (χ2v) is 9.83. The summed E-state index contributed by atoms with van der Waals surface area (Å²) in [4.78, 5) is 46.0. The summed E-state index contributed by atoms with van der Waals surface area (Å²) in [5.74, 6) is 0.165. The van der Waals surface area contributed by atoms with Crippen LogP contribution >= 0.6 is 0 Å². The van der Waals surface area contributed by atoms with E-state index in [-0.39, 0.29) is 30.3 Å². The number of amides is 3. The van der Waals surface area contributed by atoms with Crippen LogP contribution in [0, 0.1) is 11.3 Å². The number of allylic oxidation sites excluding steroid dienone is 2. The third-order valence-electron chi connectivity index (χ3n) is 7.64. The minimum Gasteiger partial charge on any atom is -0.351 e. The molecule has 9 nitrogen and oxygen atoms in total. The monoisotopic (exact) mass is 456 g/mol. The normalized spacial score (nSPS) is 27.6. The van der Waals surface area contributed by atoms with Crippen LogP contribution in [0.15, 0.2) is 24.7 Å². The molecule has 4 rings (SSSR count). The Morgan fingerprint density at radius 1 is 1.21 bits per heavy atom. The van der Waals surface area contributed by atoms with Crippen molar-refractivity contribution < 1.29 is 14.4 Å². The average Bonchev–Trinajstić information content (AvgIpc) is 3.20. The van der Waals surface area contributed by atoms with Gasteiger partial charge in [0.15, 0.2) is 0 Å². The third-order valence-corrected chi connectivity index (χ3v) is 7.64. The molecule has 2 fully saturated rings. The molecule has 33 heavy (non-hydrogen) atoms. The van der Waals surface area contributed by atoms with Crippen LogP contribution in [-0.2, 0) is 28.0 Å². The molecule has 2 atom stereocenters. The predicted molar refractivity (Wildman–Crippen MR) is 124 cm³/mol. The van der Waals surface area contributed by atoms with Gasteiger partial charge in [-0.25, -0.2) is 4.98 Å². The molecule has 2 N–H and O–H groups in total. The van der Waals surface area contributed by atoms with Crippen LogP contribution in [0.25, 0.3) is 0 Å². The molecule has 3 aliphatic rings. The van der Waals surface area contributed by atoms with Crippen molar-refractivity contribution in [1.29, 1.82) is 0 Å². The SMILES string of the molecule is CC(=O)N1CCC2(C/C=C/C[C@H]3CN(Cc4cncn4C)CC[C@H]3NC(=O)CNC2=O)CC1. The molecule has 0 saturated carbocycles. The molecule has 1 aromatic rings. The second-order valence-electron chi connectivity index (χ2n) is 9.83. The number of rotatable bonds is 2. The van der Waals surface area contributed by atoms with Crippen LogP contribution in [0.4, 0.5) is 0 Å². The molecule has 0 aromatic carbocycles. The number of hydrogen-bond acceptors (Lipinski definition) is 5. The molecule has 0 bridgehead atoms. The smallest absolute Gasteiger partial charge is 0.239 e. The summed E-state index contributed by atoms with van der Waals surface area (Å²) < 4.78 is 2.05. The number of imidazole rings is 1. The van der Waals surface area contributed by atoms with Gasteiger partial charge >= 0.3 is 0 Å². The molecule has 1 spiro atoms. The van der Waals surface area contributed by atoms with Crippen LogP contribution in [0.1, 0.15) is 44.7 Å². The molecule has 0 unspecified atom stereocenters. The Labute approximate surface area is 195 Å². The van der Waals surface area contributed by atoms with Gasteiger partial charge in [0.05, 0.1) is 24.0 Å². The van der Waals surface area contributed by atoms with Gasteiger partial charge in [0.25, 0.3) is 0 Å². The summed E-state index contributed by atoms with van der Waals surface area (Å²) >= 11 is 0. The Bertz CT molecular complexity index is 902. The van der Waals surface area contributed by atoms with Gasteiger partial charge in [-0.2, -0.15) is 0 Å². The highest BCUT2D eigenvalue weighted by Gasteiger charge is 2.41. The van der Waals surface area contributed by atoms with Crippen molar-refractivity contribution in [1.82, 2.24) is 30.0 Å². The number of likely N-dealkylation sites (tertiary alicyclic amines) is 2. The maximum atomic E-state index is 13.1. The number of hydrogen-bond donors (Lipinski definition) is 2. The number of carbonyl (C=O) groups is 3. The lowest BCUT2D eigenvalue weighted by Crippen LogP contribution is -2.54. The highest BCUT2D eigenvalue weighted by molar-refractivity contribution is 5.88. The van der Waals surface area contributed by atoms with E-state index in [2.05, 4.69) is 32.7 Å². The van der Waals surface area contributed by atoms with Crippen molar-refractivity contribution in [2.24, 2.45) is 18.4 Å². The molecule has 3 aliphatic heterocycles. The molecule has 0 aliphatic carbocycles. The van der Waals surface area contributed by atoms with Gasteiger partial charge in [0, 0.05) is 58.9 Å². The lowest BCUT2D eigenvalue weighted by molar-refractivity contribution is -0.140. The molecule has 180 valence electrons. The van der Waals surface area contributed by atoms with Gasteiger partial charge in [-0.15, -0.1) is 0 Å². The molecular formula is C24H36N6O3. The number of aromatic nitrogens is 2. The summed E-state index contributed by atoms with van der Waals surface area (Å²) in [6.07, 6.45) is 11.7. The van der Waals surface area contributed by atoms with E-state index in [0.717, 1.165) is 32.5 Å². The Morgan fingerprint density at radius 2 is 2.00 bits per heavy atom. The topological polar surface area (TPSA) is 99.6 Å². The predicted octanol–water partition coefficient (Wildman–Crippen LogP) is 0.822. The Morgan fingerprint density at radius 3 is 2.70 bits per heavy atom. The lowest BCUT2D eigenvalue weighted by Gasteiger charge is -2.41. The van der Waals surface area contributed by atoms with E-state index >= 15 is 0 Å². The fraction of sp³-hybridized carbons (Fsp3) is 0.667. The Hall–Kier alpha value is -2.68. The average molecular weight is 457 g/mol. The number of piperidine rings is 2. The molecule has 9 heteroatoms. The summed E-state index contributed by atoms with van der Waals surface area (Å²) in [6.45, 7) is 5.41. The zero-order valence-electron chi connectivity index (χ0n) is 19.8. The standard InChI is InChI=1S/C24H36N6O3/c1-18(31)30-11-8-24(9-12-30)7-4-3-5-19-15-29(16-20-13-25-17-28(20)2)10-6-21(19)27-22(32)14-26-23(24)33/h3-4,13,17,19,21H,5-12,14-16H2,1-2H3,(H,26,33)(H,27,32)/b4-3+/t19-,21+/m0/s1. The van der Waals surface area contributed by atoms with Gasteiger partial charge < -0.3 is 20.1 Å². The van der Waals surface area contributed by atoms with E-state index in [1.807, 2.05) is 24.1 Å². The Balaban J connectivity index is 1.45. The van der Waals surface area contributed by atoms with E-state index in [1.165, 1.54) is 5.69 Å². The number of nitrogens with zero attached hydrogens (tertiary/aromatic N) is 4. The van der Waals surface area contributed by atoms with Crippen molar-refractivity contribution in [2.75, 3.05) is 32.7 Å². The number of nitrogens with one attached hydrogen (secondary N) is 2. The maximum Gasteiger partial charge on any atom is 0.239 e. The zero-order chi connectivity index (χ0) is 23.4. The first-order chi connectivity index (χ1) is 15.9. The molecule has 3 amide bonds. The van der Waals surface area contributed by atoms with Gasteiger partial charge in [0.2, 0.25) is 17.7 Å². The second kappa shape index (κ2) is 10.1. The van der Waals surface area contributed by atoms with Crippen molar-refractivity contribution >= 4 is 17.7 Å². The van der Waals surface area contributed by atoms with Crippen molar-refractivity contribution in [3.8, 4) is 0 Å². The van der Waals surface area contributed by atoms with Crippen LogP contribution in [0.2, 0.25) is 0 Å². The minimum atomic E-state index is -0.556. The molecule has 4 heterocycles. The molecular weight excluding hydrogens is 420 g/mol. The van der Waals surface area contributed by atoms with E-state index in [0.29, 0.717) is 38.3 Å². The summed E-state index contributed by atoms with van der Waals surface area (Å²) in [5, 5.41) is 6.06. The zero-order valence-corrected chi connectivity index (χ0v) is 19.8. The first-order valence-electron chi connectivity index (χ1n) is 12.0. The fourth-order valence-electron chi connectivity index (χ4n) is 5.41. The van der Waals surface area contributed by atoms with E-state index < -0.39 is 5.41 Å². The van der Waals surface area contributed by atoms with Crippen LogP contribution in [0.5, 0.6) is 0 Å². The fourth-order valence-corrected chi connectivity index (χ4v) is 5.41. The largest absolute Gasteiger partial charge is 0.351 e. The molecule has 1 aromatic heterocycles. The number of carbonyl (C=O) groups excluding carboxylic acids is 3. The van der Waals surface area contributed by atoms with Crippen molar-refractivity contribution in [3.05, 3.63) is 30.4 Å². The third kappa shape index (κ3) is 5.46. The van der Waals surface area contributed by atoms with Gasteiger partial charge in [-0.05, 0) is 38.0 Å². The minimum absolute atomic E-state index is 0.00265. The first-order valence-corrected chi connectivity index (χ1v) is 12.0. The highest BCUT2D eigenvalue weighted by Crippen LogP contribution is 2.36. The van der Waals surface area contributed by atoms with E-state index in [9.17, 15) is 14.4 Å². The van der Waals surface area contributed by atoms with Crippen molar-refractivity contribution in [2.45, 2.75) is 51.6 Å². The Kier molecular flexibility index (Phi) is 7.17. The maximum absolute atomic E-state index is 13.1. The summed E-state index contributed by atoms with van der Waals surface area (Å²) in [7, 11) is 2.01.